The number of methoxy groups -OCH3 is 1. The van der Waals surface area contributed by atoms with E-state index < -0.39 is 23.3 Å². The molecule has 2 aromatic rings. The van der Waals surface area contributed by atoms with Crippen molar-refractivity contribution in [1.29, 1.82) is 0 Å². The van der Waals surface area contributed by atoms with Crippen LogP contribution in [0.25, 0.3) is 0 Å². The van der Waals surface area contributed by atoms with Gasteiger partial charge in [0.1, 0.15) is 5.69 Å². The maximum Gasteiger partial charge on any atom is 0.338 e. The SMILES string of the molecule is COCCNc1ccc(C(=O)OCC(=O)c2ccc(NC(C)=O)cc2)cc1[N+](=O)[O-]. The number of Topliss-reactive ketones (excluding diaryl/α,β-unsaturated/α-hetero) is 1. The molecule has 0 radical (unpaired) electrons. The Labute approximate surface area is 172 Å². The van der Waals surface area contributed by atoms with Crippen molar-refractivity contribution in [2.75, 3.05) is 37.5 Å². The number of hydrogen-bond donors (Lipinski definition) is 2. The van der Waals surface area contributed by atoms with Crippen LogP contribution in [0, 0.1) is 10.1 Å². The van der Waals surface area contributed by atoms with Gasteiger partial charge < -0.3 is 20.1 Å². The molecule has 0 saturated heterocycles. The molecule has 30 heavy (non-hydrogen) atoms. The normalized spacial score (nSPS) is 10.2. The molecule has 0 spiro atoms. The monoisotopic (exact) mass is 415 g/mol. The number of nitro benzene ring substituents is 1. The van der Waals surface area contributed by atoms with Gasteiger partial charge in [-0.2, -0.15) is 0 Å². The Balaban J connectivity index is 2.01. The second kappa shape index (κ2) is 10.7. The van der Waals surface area contributed by atoms with E-state index in [1.54, 1.807) is 12.1 Å². The first-order chi connectivity index (χ1) is 14.3. The zero-order valence-corrected chi connectivity index (χ0v) is 16.5. The molecule has 10 nitrogen and oxygen atoms in total. The lowest BCUT2D eigenvalue weighted by atomic mass is 10.1. The number of hydrogen-bond acceptors (Lipinski definition) is 8. The van der Waals surface area contributed by atoms with E-state index >= 15 is 0 Å². The molecule has 0 aliphatic rings. The van der Waals surface area contributed by atoms with Crippen LogP contribution in [0.15, 0.2) is 42.5 Å². The lowest BCUT2D eigenvalue weighted by molar-refractivity contribution is -0.384. The first-order valence-corrected chi connectivity index (χ1v) is 8.91. The molecule has 2 rings (SSSR count). The van der Waals surface area contributed by atoms with Crippen LogP contribution >= 0.6 is 0 Å². The van der Waals surface area contributed by atoms with E-state index in [9.17, 15) is 24.5 Å². The third kappa shape index (κ3) is 6.38. The van der Waals surface area contributed by atoms with Crippen molar-refractivity contribution in [3.05, 3.63) is 63.7 Å². The minimum Gasteiger partial charge on any atom is -0.454 e. The van der Waals surface area contributed by atoms with Gasteiger partial charge in [0.05, 0.1) is 17.1 Å². The molecular formula is C20H21N3O7. The highest BCUT2D eigenvalue weighted by Crippen LogP contribution is 2.26. The summed E-state index contributed by atoms with van der Waals surface area (Å²) >= 11 is 0. The number of ether oxygens (including phenoxy) is 2. The number of nitrogens with zero attached hydrogens (tertiary/aromatic N) is 1. The van der Waals surface area contributed by atoms with Gasteiger partial charge in [-0.15, -0.1) is 0 Å². The minimum absolute atomic E-state index is 0.0483. The molecule has 0 unspecified atom stereocenters. The number of nitro groups is 1. The number of amides is 1. The summed E-state index contributed by atoms with van der Waals surface area (Å²) < 4.78 is 9.87. The fraction of sp³-hybridized carbons (Fsp3) is 0.250. The number of carbonyl (C=O) groups excluding carboxylic acids is 3. The van der Waals surface area contributed by atoms with Gasteiger partial charge in [-0.05, 0) is 36.4 Å². The lowest BCUT2D eigenvalue weighted by Crippen LogP contribution is -2.15. The zero-order valence-electron chi connectivity index (χ0n) is 16.5. The van der Waals surface area contributed by atoms with Crippen molar-refractivity contribution in [2.24, 2.45) is 0 Å². The third-order valence-corrected chi connectivity index (χ3v) is 3.91. The predicted molar refractivity (Wildman–Crippen MR) is 109 cm³/mol. The average Bonchev–Trinajstić information content (AvgIpc) is 2.72. The summed E-state index contributed by atoms with van der Waals surface area (Å²) in [5.74, 6) is -1.55. The highest BCUT2D eigenvalue weighted by molar-refractivity contribution is 6.00. The molecule has 10 heteroatoms. The van der Waals surface area contributed by atoms with Gasteiger partial charge in [0, 0.05) is 37.9 Å². The Morgan fingerprint density at radius 1 is 1.07 bits per heavy atom. The molecule has 1 amide bonds. The number of benzene rings is 2. The molecule has 0 aromatic heterocycles. The third-order valence-electron chi connectivity index (χ3n) is 3.91. The first-order valence-electron chi connectivity index (χ1n) is 8.91. The summed E-state index contributed by atoms with van der Waals surface area (Å²) in [4.78, 5) is 46.1. The quantitative estimate of drug-likeness (QED) is 0.199. The fourth-order valence-corrected chi connectivity index (χ4v) is 2.49. The van der Waals surface area contributed by atoms with Gasteiger partial charge in [-0.3, -0.25) is 19.7 Å². The molecule has 2 N–H and O–H groups in total. The molecule has 0 saturated carbocycles. The van der Waals surface area contributed by atoms with Crippen molar-refractivity contribution in [1.82, 2.24) is 0 Å². The number of nitrogens with one attached hydrogen (secondary N) is 2. The van der Waals surface area contributed by atoms with E-state index in [2.05, 4.69) is 10.6 Å². The second-order valence-corrected chi connectivity index (χ2v) is 6.17. The molecule has 0 aliphatic heterocycles. The summed E-state index contributed by atoms with van der Waals surface area (Å²) in [5, 5.41) is 16.7. The topological polar surface area (TPSA) is 137 Å². The molecule has 2 aromatic carbocycles. The number of rotatable bonds is 10. The van der Waals surface area contributed by atoms with Gasteiger partial charge in [0.25, 0.3) is 5.69 Å². The Kier molecular flexibility index (Phi) is 8.00. The van der Waals surface area contributed by atoms with Crippen LogP contribution in [-0.2, 0) is 14.3 Å². The van der Waals surface area contributed by atoms with E-state index in [0.29, 0.717) is 24.4 Å². The number of esters is 1. The van der Waals surface area contributed by atoms with Gasteiger partial charge >= 0.3 is 5.97 Å². The van der Waals surface area contributed by atoms with Gasteiger partial charge in [0.2, 0.25) is 5.91 Å². The smallest absolute Gasteiger partial charge is 0.338 e. The van der Waals surface area contributed by atoms with E-state index in [4.69, 9.17) is 9.47 Å². The summed E-state index contributed by atoms with van der Waals surface area (Å²) in [6.07, 6.45) is 0. The van der Waals surface area contributed by atoms with Crippen molar-refractivity contribution in [3.63, 3.8) is 0 Å². The molecule has 158 valence electrons. The maximum absolute atomic E-state index is 12.2. The molecule has 0 fully saturated rings. The van der Waals surface area contributed by atoms with Crippen molar-refractivity contribution in [3.8, 4) is 0 Å². The maximum atomic E-state index is 12.2. The summed E-state index contributed by atoms with van der Waals surface area (Å²) in [5.41, 5.74) is 0.723. The summed E-state index contributed by atoms with van der Waals surface area (Å²) in [7, 11) is 1.51. The zero-order chi connectivity index (χ0) is 22.1. The van der Waals surface area contributed by atoms with E-state index in [1.807, 2.05) is 0 Å². The summed E-state index contributed by atoms with van der Waals surface area (Å²) in [6.45, 7) is 1.55. The van der Waals surface area contributed by atoms with Gasteiger partial charge in [-0.25, -0.2) is 4.79 Å². The molecule has 0 atom stereocenters. The molecule has 0 heterocycles. The Bertz CT molecular complexity index is 942. The van der Waals surface area contributed by atoms with Crippen molar-refractivity contribution in [2.45, 2.75) is 6.92 Å². The summed E-state index contributed by atoms with van der Waals surface area (Å²) in [6, 6.07) is 9.94. The Hall–Kier alpha value is -3.79. The number of anilines is 2. The standard InChI is InChI=1S/C20H21N3O7/c1-13(24)22-16-6-3-14(4-7-16)19(25)12-30-20(26)15-5-8-17(21-9-10-29-2)18(11-15)23(27)28/h3-8,11,21H,9-10,12H2,1-2H3,(H,22,24). The first kappa shape index (κ1) is 22.5. The van der Waals surface area contributed by atoms with E-state index in [1.165, 1.54) is 38.3 Å². The largest absolute Gasteiger partial charge is 0.454 e. The van der Waals surface area contributed by atoms with Crippen LogP contribution in [0.5, 0.6) is 0 Å². The Morgan fingerprint density at radius 3 is 2.33 bits per heavy atom. The highest BCUT2D eigenvalue weighted by Gasteiger charge is 2.19. The highest BCUT2D eigenvalue weighted by atomic mass is 16.6. The fourth-order valence-electron chi connectivity index (χ4n) is 2.49. The number of carbonyl (C=O) groups is 3. The molecular weight excluding hydrogens is 394 g/mol. The predicted octanol–water partition coefficient (Wildman–Crippen LogP) is 2.65. The van der Waals surface area contributed by atoms with E-state index in [-0.39, 0.29) is 22.8 Å². The van der Waals surface area contributed by atoms with Crippen molar-refractivity contribution < 1.29 is 28.8 Å². The second-order valence-electron chi connectivity index (χ2n) is 6.17. The molecule has 0 bridgehead atoms. The van der Waals surface area contributed by atoms with Gasteiger partial charge in [0.15, 0.2) is 12.4 Å². The van der Waals surface area contributed by atoms with Crippen LogP contribution in [-0.4, -0.2) is 49.5 Å². The van der Waals surface area contributed by atoms with Crippen LogP contribution in [0.1, 0.15) is 27.6 Å². The Morgan fingerprint density at radius 2 is 1.73 bits per heavy atom. The van der Waals surface area contributed by atoms with Crippen LogP contribution in [0.3, 0.4) is 0 Å². The molecule has 0 aliphatic carbocycles. The van der Waals surface area contributed by atoms with Crippen LogP contribution in [0.2, 0.25) is 0 Å². The van der Waals surface area contributed by atoms with Crippen molar-refractivity contribution >= 4 is 34.7 Å². The lowest BCUT2D eigenvalue weighted by Gasteiger charge is -2.09. The van der Waals surface area contributed by atoms with Gasteiger partial charge in [-0.1, -0.05) is 0 Å². The average molecular weight is 415 g/mol. The van der Waals surface area contributed by atoms with E-state index in [0.717, 1.165) is 6.07 Å². The number of ketones is 1. The minimum atomic E-state index is -0.857. The van der Waals surface area contributed by atoms with Crippen LogP contribution in [0.4, 0.5) is 17.1 Å². The van der Waals surface area contributed by atoms with Crippen LogP contribution < -0.4 is 10.6 Å².